The van der Waals surface area contributed by atoms with E-state index in [9.17, 15) is 18.0 Å². The Morgan fingerprint density at radius 1 is 1.23 bits per heavy atom. The van der Waals surface area contributed by atoms with E-state index >= 15 is 0 Å². The van der Waals surface area contributed by atoms with Crippen LogP contribution < -0.4 is 5.73 Å². The SMILES string of the molecule is Nc1c(F)c(-c2cccc(C(=O)O)n2)c(F)c2[nH]cc(F)c12. The van der Waals surface area contributed by atoms with Crippen molar-refractivity contribution in [1.29, 1.82) is 0 Å². The van der Waals surface area contributed by atoms with Crippen LogP contribution >= 0.6 is 0 Å². The lowest BCUT2D eigenvalue weighted by molar-refractivity contribution is 0.0690. The molecule has 0 aliphatic rings. The zero-order valence-corrected chi connectivity index (χ0v) is 10.8. The number of aromatic nitrogens is 2. The van der Waals surface area contributed by atoms with Crippen LogP contribution in [-0.2, 0) is 0 Å². The molecule has 112 valence electrons. The second-order valence-electron chi connectivity index (χ2n) is 4.52. The van der Waals surface area contributed by atoms with Gasteiger partial charge in [0.25, 0.3) is 0 Å². The van der Waals surface area contributed by atoms with Crippen molar-refractivity contribution >= 4 is 22.6 Å². The van der Waals surface area contributed by atoms with Gasteiger partial charge in [-0.05, 0) is 12.1 Å². The third-order valence-electron chi connectivity index (χ3n) is 3.22. The van der Waals surface area contributed by atoms with Crippen LogP contribution in [-0.4, -0.2) is 21.0 Å². The molecular formula is C14H8F3N3O2. The van der Waals surface area contributed by atoms with E-state index in [2.05, 4.69) is 9.97 Å². The molecule has 2 aromatic heterocycles. The van der Waals surface area contributed by atoms with Crippen LogP contribution in [0, 0.1) is 17.5 Å². The molecule has 0 saturated heterocycles. The standard InChI is InChI=1S/C14H8F3N3O2/c15-5-4-19-13-8(5)12(18)10(16)9(11(13)17)6-2-1-3-7(20-6)14(21)22/h1-4,19H,18H2,(H,21,22). The highest BCUT2D eigenvalue weighted by Crippen LogP contribution is 2.36. The fourth-order valence-corrected chi connectivity index (χ4v) is 2.22. The molecule has 0 aliphatic carbocycles. The van der Waals surface area contributed by atoms with E-state index in [0.717, 1.165) is 6.20 Å². The molecule has 0 bridgehead atoms. The number of aromatic carboxylic acids is 1. The number of hydrogen-bond donors (Lipinski definition) is 3. The Kier molecular flexibility index (Phi) is 3.01. The Labute approximate surface area is 121 Å². The summed E-state index contributed by atoms with van der Waals surface area (Å²) >= 11 is 0. The van der Waals surface area contributed by atoms with Gasteiger partial charge < -0.3 is 15.8 Å². The van der Waals surface area contributed by atoms with Crippen molar-refractivity contribution in [2.75, 3.05) is 5.73 Å². The molecular weight excluding hydrogens is 299 g/mol. The van der Waals surface area contributed by atoms with Crippen molar-refractivity contribution in [1.82, 2.24) is 9.97 Å². The normalized spacial score (nSPS) is 11.0. The Morgan fingerprint density at radius 2 is 1.95 bits per heavy atom. The van der Waals surface area contributed by atoms with Gasteiger partial charge in [0, 0.05) is 6.20 Å². The minimum Gasteiger partial charge on any atom is -0.477 e. The van der Waals surface area contributed by atoms with Gasteiger partial charge in [-0.2, -0.15) is 0 Å². The zero-order chi connectivity index (χ0) is 16.0. The largest absolute Gasteiger partial charge is 0.477 e. The molecule has 0 spiro atoms. The molecule has 22 heavy (non-hydrogen) atoms. The number of aromatic amines is 1. The van der Waals surface area contributed by atoms with Crippen molar-refractivity contribution in [2.45, 2.75) is 0 Å². The first kappa shape index (κ1) is 13.9. The molecule has 0 amide bonds. The van der Waals surface area contributed by atoms with E-state index in [4.69, 9.17) is 10.8 Å². The number of nitrogens with zero attached hydrogens (tertiary/aromatic N) is 1. The number of carbonyl (C=O) groups is 1. The molecule has 5 nitrogen and oxygen atoms in total. The van der Waals surface area contributed by atoms with Crippen molar-refractivity contribution in [3.8, 4) is 11.3 Å². The predicted octanol–water partition coefficient (Wildman–Crippen LogP) is 2.93. The quantitative estimate of drug-likeness (QED) is 0.635. The molecule has 0 saturated carbocycles. The number of H-pyrrole nitrogens is 1. The molecule has 3 rings (SSSR count). The molecule has 2 heterocycles. The van der Waals surface area contributed by atoms with Crippen molar-refractivity contribution < 1.29 is 23.1 Å². The number of hydrogen-bond acceptors (Lipinski definition) is 3. The Morgan fingerprint density at radius 3 is 2.64 bits per heavy atom. The maximum absolute atomic E-state index is 14.5. The molecule has 3 aromatic rings. The highest BCUT2D eigenvalue weighted by molar-refractivity contribution is 5.96. The number of halogens is 3. The molecule has 0 fully saturated rings. The van der Waals surface area contributed by atoms with E-state index in [1.807, 2.05) is 0 Å². The van der Waals surface area contributed by atoms with Crippen LogP contribution in [0.25, 0.3) is 22.2 Å². The first-order valence-corrected chi connectivity index (χ1v) is 6.05. The number of carboxylic acids is 1. The number of benzene rings is 1. The van der Waals surface area contributed by atoms with Crippen LogP contribution in [0.15, 0.2) is 24.4 Å². The highest BCUT2D eigenvalue weighted by Gasteiger charge is 2.24. The minimum atomic E-state index is -1.34. The van der Waals surface area contributed by atoms with E-state index in [-0.39, 0.29) is 16.9 Å². The highest BCUT2D eigenvalue weighted by atomic mass is 19.1. The number of pyridine rings is 1. The molecule has 0 unspecified atom stereocenters. The van der Waals surface area contributed by atoms with E-state index in [1.54, 1.807) is 0 Å². The average Bonchev–Trinajstić information content (AvgIpc) is 2.88. The number of fused-ring (bicyclic) bond motifs is 1. The lowest BCUT2D eigenvalue weighted by atomic mass is 10.0. The Bertz CT molecular complexity index is 921. The van der Waals surface area contributed by atoms with Gasteiger partial charge >= 0.3 is 5.97 Å². The summed E-state index contributed by atoms with van der Waals surface area (Å²) in [6.45, 7) is 0. The van der Waals surface area contributed by atoms with Crippen LogP contribution in [0.2, 0.25) is 0 Å². The first-order valence-electron chi connectivity index (χ1n) is 6.05. The summed E-state index contributed by atoms with van der Waals surface area (Å²) in [5.74, 6) is -4.52. The number of anilines is 1. The van der Waals surface area contributed by atoms with Crippen LogP contribution in [0.4, 0.5) is 18.9 Å². The van der Waals surface area contributed by atoms with Crippen LogP contribution in [0.1, 0.15) is 10.5 Å². The fraction of sp³-hybridized carbons (Fsp3) is 0. The zero-order valence-electron chi connectivity index (χ0n) is 10.8. The van der Waals surface area contributed by atoms with Crippen molar-refractivity contribution in [3.05, 3.63) is 47.5 Å². The van der Waals surface area contributed by atoms with Gasteiger partial charge in [0.05, 0.1) is 27.8 Å². The van der Waals surface area contributed by atoms with Gasteiger partial charge in [-0.3, -0.25) is 0 Å². The summed E-state index contributed by atoms with van der Waals surface area (Å²) in [5.41, 5.74) is 3.39. The first-order chi connectivity index (χ1) is 10.4. The van der Waals surface area contributed by atoms with Gasteiger partial charge in [0.15, 0.2) is 17.5 Å². The molecule has 0 aliphatic heterocycles. The Balaban J connectivity index is 2.36. The van der Waals surface area contributed by atoms with Crippen LogP contribution in [0.3, 0.4) is 0 Å². The summed E-state index contributed by atoms with van der Waals surface area (Å²) in [7, 11) is 0. The van der Waals surface area contributed by atoms with Gasteiger partial charge in [-0.15, -0.1) is 0 Å². The summed E-state index contributed by atoms with van der Waals surface area (Å²) in [5, 5.41) is 8.50. The van der Waals surface area contributed by atoms with E-state index < -0.39 is 40.1 Å². The van der Waals surface area contributed by atoms with Crippen molar-refractivity contribution in [2.24, 2.45) is 0 Å². The lowest BCUT2D eigenvalue weighted by Gasteiger charge is -2.09. The summed E-state index contributed by atoms with van der Waals surface area (Å²) < 4.78 is 42.3. The van der Waals surface area contributed by atoms with Crippen LogP contribution in [0.5, 0.6) is 0 Å². The summed E-state index contributed by atoms with van der Waals surface area (Å²) in [6, 6.07) is 3.71. The van der Waals surface area contributed by atoms with Gasteiger partial charge in [-0.1, -0.05) is 6.07 Å². The monoisotopic (exact) mass is 307 g/mol. The number of rotatable bonds is 2. The number of nitrogen functional groups attached to an aromatic ring is 1. The second kappa shape index (κ2) is 4.76. The predicted molar refractivity (Wildman–Crippen MR) is 72.8 cm³/mol. The number of carboxylic acid groups (broad SMARTS) is 1. The van der Waals surface area contributed by atoms with E-state index in [0.29, 0.717) is 0 Å². The van der Waals surface area contributed by atoms with Gasteiger partial charge in [0.2, 0.25) is 0 Å². The number of nitrogens with one attached hydrogen (secondary N) is 1. The molecule has 8 heteroatoms. The van der Waals surface area contributed by atoms with Gasteiger partial charge in [-0.25, -0.2) is 22.9 Å². The average molecular weight is 307 g/mol. The summed E-state index contributed by atoms with van der Waals surface area (Å²) in [4.78, 5) is 16.9. The van der Waals surface area contributed by atoms with E-state index in [1.165, 1.54) is 18.2 Å². The molecule has 0 atom stereocenters. The minimum absolute atomic E-state index is 0.251. The lowest BCUT2D eigenvalue weighted by Crippen LogP contribution is -2.04. The fourth-order valence-electron chi connectivity index (χ4n) is 2.22. The maximum atomic E-state index is 14.5. The van der Waals surface area contributed by atoms with Gasteiger partial charge in [0.1, 0.15) is 5.69 Å². The smallest absolute Gasteiger partial charge is 0.354 e. The third kappa shape index (κ3) is 1.88. The molecule has 1 aromatic carbocycles. The van der Waals surface area contributed by atoms with Crippen molar-refractivity contribution in [3.63, 3.8) is 0 Å². The summed E-state index contributed by atoms with van der Waals surface area (Å²) in [6.07, 6.45) is 0.856. The maximum Gasteiger partial charge on any atom is 0.354 e. The second-order valence-corrected chi connectivity index (χ2v) is 4.52. The third-order valence-corrected chi connectivity index (χ3v) is 3.22. The molecule has 0 radical (unpaired) electrons. The molecule has 4 N–H and O–H groups in total. The number of nitrogens with two attached hydrogens (primary N) is 1. The topological polar surface area (TPSA) is 92.0 Å². The Hall–Kier alpha value is -3.03.